The molecule has 2 unspecified atom stereocenters. The van der Waals surface area contributed by atoms with Crippen molar-refractivity contribution in [1.29, 1.82) is 0 Å². The number of Topliss-reactive ketones (excluding diaryl/α,β-unsaturated/α-hetero) is 1. The first kappa shape index (κ1) is 23.5. The van der Waals surface area contributed by atoms with E-state index in [1.165, 1.54) is 21.9 Å². The van der Waals surface area contributed by atoms with E-state index in [-0.39, 0.29) is 29.8 Å². The van der Waals surface area contributed by atoms with Crippen LogP contribution in [0.15, 0.2) is 29.4 Å². The minimum absolute atomic E-state index is 0.0677. The molecule has 0 aliphatic rings. The molecule has 0 fully saturated rings. The van der Waals surface area contributed by atoms with Crippen LogP contribution >= 0.6 is 0 Å². The fraction of sp³-hybridized carbons (Fsp3) is 0.571. The number of carbonyl (C=O) groups excluding carboxylic acids is 3. The normalized spacial score (nSPS) is 13.9. The molecule has 28 heavy (non-hydrogen) atoms. The second-order valence-corrected chi connectivity index (χ2v) is 7.49. The molecule has 0 N–H and O–H groups in total. The Bertz CT molecular complexity index is 707. The van der Waals surface area contributed by atoms with Crippen molar-refractivity contribution in [3.63, 3.8) is 0 Å². The fourth-order valence-electron chi connectivity index (χ4n) is 3.30. The molecule has 154 valence electrons. The molecule has 0 spiro atoms. The highest BCUT2D eigenvalue weighted by atomic mass is 16.3. The molecule has 2 atom stereocenters. The number of carbonyl (C=O) groups is 3. The first-order chi connectivity index (χ1) is 13.2. The molecule has 0 bridgehead atoms. The Morgan fingerprint density at radius 1 is 1.25 bits per heavy atom. The van der Waals surface area contributed by atoms with E-state index in [2.05, 4.69) is 12.1 Å². The SMILES string of the molecule is CCCCCC(C)C(C)(C(=O)N(C)CC(=O)c1cccc(N=O)c1)N(C)C=O. The molecule has 0 saturated carbocycles. The third kappa shape index (κ3) is 5.47. The summed E-state index contributed by atoms with van der Waals surface area (Å²) in [4.78, 5) is 50.7. The van der Waals surface area contributed by atoms with Gasteiger partial charge in [-0.2, -0.15) is 0 Å². The Kier molecular flexibility index (Phi) is 8.96. The van der Waals surface area contributed by atoms with Crippen LogP contribution in [0.5, 0.6) is 0 Å². The third-order valence-corrected chi connectivity index (χ3v) is 5.53. The van der Waals surface area contributed by atoms with E-state index < -0.39 is 5.54 Å². The summed E-state index contributed by atoms with van der Waals surface area (Å²) in [7, 11) is 3.15. The number of rotatable bonds is 12. The van der Waals surface area contributed by atoms with Crippen LogP contribution in [0.2, 0.25) is 0 Å². The molecule has 2 amide bonds. The molecule has 0 saturated heterocycles. The highest BCUT2D eigenvalue weighted by molar-refractivity contribution is 6.01. The second-order valence-electron chi connectivity index (χ2n) is 7.49. The van der Waals surface area contributed by atoms with Gasteiger partial charge in [-0.1, -0.05) is 45.2 Å². The lowest BCUT2D eigenvalue weighted by atomic mass is 9.81. The van der Waals surface area contributed by atoms with Gasteiger partial charge in [-0.3, -0.25) is 14.4 Å². The van der Waals surface area contributed by atoms with Crippen LogP contribution in [-0.4, -0.2) is 54.1 Å². The molecule has 7 nitrogen and oxygen atoms in total. The van der Waals surface area contributed by atoms with Crippen LogP contribution in [-0.2, 0) is 9.59 Å². The van der Waals surface area contributed by atoms with E-state index in [0.29, 0.717) is 12.0 Å². The topological polar surface area (TPSA) is 87.1 Å². The molecular weight excluding hydrogens is 358 g/mol. The number of nitrogens with zero attached hydrogens (tertiary/aromatic N) is 3. The molecule has 7 heteroatoms. The lowest BCUT2D eigenvalue weighted by Crippen LogP contribution is -2.59. The van der Waals surface area contributed by atoms with E-state index in [9.17, 15) is 19.3 Å². The number of likely N-dealkylation sites (N-methyl/N-ethyl adjacent to an activating group) is 2. The summed E-state index contributed by atoms with van der Waals surface area (Å²) < 4.78 is 0. The van der Waals surface area contributed by atoms with E-state index >= 15 is 0 Å². The molecule has 0 aliphatic carbocycles. The van der Waals surface area contributed by atoms with Crippen LogP contribution in [0, 0.1) is 10.8 Å². The molecule has 1 aromatic carbocycles. The monoisotopic (exact) mass is 389 g/mol. The highest BCUT2D eigenvalue weighted by Gasteiger charge is 2.44. The standard InChI is InChI=1S/C21H31N3O4/c1-6-7-8-10-16(2)21(3,24(5)15-25)20(27)23(4)14-19(26)17-11-9-12-18(13-17)22-28/h9,11-13,15-16H,6-8,10,14H2,1-5H3. The molecule has 1 rings (SSSR count). The molecule has 0 aliphatic heterocycles. The Hall–Kier alpha value is -2.57. The van der Waals surface area contributed by atoms with Gasteiger partial charge in [0.1, 0.15) is 11.2 Å². The fourth-order valence-corrected chi connectivity index (χ4v) is 3.30. The average molecular weight is 389 g/mol. The van der Waals surface area contributed by atoms with E-state index in [4.69, 9.17) is 0 Å². The maximum Gasteiger partial charge on any atom is 0.248 e. The van der Waals surface area contributed by atoms with Crippen molar-refractivity contribution in [2.24, 2.45) is 11.1 Å². The van der Waals surface area contributed by atoms with Gasteiger partial charge in [0.25, 0.3) is 0 Å². The third-order valence-electron chi connectivity index (χ3n) is 5.53. The molecular formula is C21H31N3O4. The zero-order chi connectivity index (χ0) is 21.3. The minimum Gasteiger partial charge on any atom is -0.336 e. The first-order valence-electron chi connectivity index (χ1n) is 9.62. The Labute approximate surface area is 167 Å². The van der Waals surface area contributed by atoms with Crippen molar-refractivity contribution in [2.45, 2.75) is 52.0 Å². The summed E-state index contributed by atoms with van der Waals surface area (Å²) in [6, 6.07) is 6.07. The molecule has 1 aromatic rings. The lowest BCUT2D eigenvalue weighted by molar-refractivity contribution is -0.149. The number of nitroso groups, excluding NO2 is 1. The van der Waals surface area contributed by atoms with Gasteiger partial charge in [-0.05, 0) is 36.6 Å². The van der Waals surface area contributed by atoms with Crippen molar-refractivity contribution in [3.05, 3.63) is 34.7 Å². The van der Waals surface area contributed by atoms with Crippen molar-refractivity contribution in [3.8, 4) is 0 Å². The summed E-state index contributed by atoms with van der Waals surface area (Å²) >= 11 is 0. The number of unbranched alkanes of at least 4 members (excludes halogenated alkanes) is 2. The van der Waals surface area contributed by atoms with Gasteiger partial charge in [0.05, 0.1) is 6.54 Å². The summed E-state index contributed by atoms with van der Waals surface area (Å²) in [5.41, 5.74) is -0.565. The minimum atomic E-state index is -1.04. The first-order valence-corrected chi connectivity index (χ1v) is 9.62. The van der Waals surface area contributed by atoms with E-state index in [1.807, 2.05) is 6.92 Å². The zero-order valence-electron chi connectivity index (χ0n) is 17.5. The quantitative estimate of drug-likeness (QED) is 0.235. The second kappa shape index (κ2) is 10.7. The maximum atomic E-state index is 13.2. The largest absolute Gasteiger partial charge is 0.336 e. The summed E-state index contributed by atoms with van der Waals surface area (Å²) in [5, 5.41) is 2.83. The predicted molar refractivity (Wildman–Crippen MR) is 109 cm³/mol. The molecule has 0 heterocycles. The number of hydrogen-bond donors (Lipinski definition) is 0. The van der Waals surface area contributed by atoms with Gasteiger partial charge in [0, 0.05) is 19.7 Å². The maximum absolute atomic E-state index is 13.2. The Balaban J connectivity index is 2.99. The van der Waals surface area contributed by atoms with Gasteiger partial charge >= 0.3 is 0 Å². The van der Waals surface area contributed by atoms with Crippen LogP contribution in [0.25, 0.3) is 0 Å². The molecule has 0 radical (unpaired) electrons. The predicted octanol–water partition coefficient (Wildman–Crippen LogP) is 3.79. The van der Waals surface area contributed by atoms with Crippen LogP contribution in [0.4, 0.5) is 5.69 Å². The van der Waals surface area contributed by atoms with Crippen molar-refractivity contribution < 1.29 is 14.4 Å². The van der Waals surface area contributed by atoms with Crippen LogP contribution < -0.4 is 0 Å². The van der Waals surface area contributed by atoms with Gasteiger partial charge in [-0.15, -0.1) is 4.91 Å². The van der Waals surface area contributed by atoms with Crippen molar-refractivity contribution >= 4 is 23.8 Å². The van der Waals surface area contributed by atoms with E-state index in [0.717, 1.165) is 25.7 Å². The summed E-state index contributed by atoms with van der Waals surface area (Å²) in [5.74, 6) is -0.651. The van der Waals surface area contributed by atoms with Crippen LogP contribution in [0.3, 0.4) is 0 Å². The number of amides is 2. The van der Waals surface area contributed by atoms with E-state index in [1.54, 1.807) is 33.2 Å². The number of hydrogen-bond acceptors (Lipinski definition) is 5. The number of ketones is 1. The smallest absolute Gasteiger partial charge is 0.248 e. The number of benzene rings is 1. The molecule has 0 aromatic heterocycles. The average Bonchev–Trinajstić information content (AvgIpc) is 2.71. The van der Waals surface area contributed by atoms with Crippen LogP contribution in [0.1, 0.15) is 56.8 Å². The summed E-state index contributed by atoms with van der Waals surface area (Å²) in [6.07, 6.45) is 4.58. The summed E-state index contributed by atoms with van der Waals surface area (Å²) in [6.45, 7) is 5.67. The van der Waals surface area contributed by atoms with Crippen molar-refractivity contribution in [1.82, 2.24) is 9.80 Å². The van der Waals surface area contributed by atoms with Crippen molar-refractivity contribution in [2.75, 3.05) is 20.6 Å². The van der Waals surface area contributed by atoms with Gasteiger partial charge in [0.15, 0.2) is 5.78 Å². The van der Waals surface area contributed by atoms with Gasteiger partial charge in [-0.25, -0.2) is 0 Å². The zero-order valence-corrected chi connectivity index (χ0v) is 17.5. The van der Waals surface area contributed by atoms with Gasteiger partial charge < -0.3 is 9.80 Å². The Morgan fingerprint density at radius 2 is 1.93 bits per heavy atom. The Morgan fingerprint density at radius 3 is 2.50 bits per heavy atom. The highest BCUT2D eigenvalue weighted by Crippen LogP contribution is 2.29. The van der Waals surface area contributed by atoms with Gasteiger partial charge in [0.2, 0.25) is 12.3 Å². The lowest BCUT2D eigenvalue weighted by Gasteiger charge is -2.42.